The van der Waals surface area contributed by atoms with E-state index in [9.17, 15) is 0 Å². The van der Waals surface area contributed by atoms with Gasteiger partial charge in [-0.2, -0.15) is 0 Å². The zero-order chi connectivity index (χ0) is 11.9. The van der Waals surface area contributed by atoms with Crippen LogP contribution in [0.15, 0.2) is 0 Å². The van der Waals surface area contributed by atoms with E-state index in [0.717, 1.165) is 0 Å². The first-order valence-electron chi connectivity index (χ1n) is 5.51. The van der Waals surface area contributed by atoms with Crippen LogP contribution in [-0.2, 0) is 31.4 Å². The third-order valence-electron chi connectivity index (χ3n) is 1.39. The molecule has 0 unspecified atom stereocenters. The first kappa shape index (κ1) is 15.6. The van der Waals surface area contributed by atoms with Crippen LogP contribution in [0.1, 0.15) is 41.5 Å². The molecular formula is C10H24O4Ti. The molecule has 0 saturated carbocycles. The van der Waals surface area contributed by atoms with E-state index in [2.05, 4.69) is 0 Å². The van der Waals surface area contributed by atoms with E-state index in [1.165, 1.54) is 0 Å². The SMILES string of the molecule is CC[O][Ti]([O]CC)([O]CC)[O]C(C)(C)C. The van der Waals surface area contributed by atoms with Crippen molar-refractivity contribution in [2.24, 2.45) is 0 Å². The molecule has 4 nitrogen and oxygen atoms in total. The van der Waals surface area contributed by atoms with E-state index in [1.54, 1.807) is 0 Å². The molecule has 0 aliphatic carbocycles. The monoisotopic (exact) mass is 256 g/mol. The summed E-state index contributed by atoms with van der Waals surface area (Å²) in [6.45, 7) is 13.3. The third-order valence-corrected chi connectivity index (χ3v) is 5.75. The van der Waals surface area contributed by atoms with Crippen LogP contribution >= 0.6 is 0 Å². The van der Waals surface area contributed by atoms with Gasteiger partial charge in [-0.25, -0.2) is 0 Å². The average molecular weight is 256 g/mol. The summed E-state index contributed by atoms with van der Waals surface area (Å²) in [5.74, 6) is 0. The summed E-state index contributed by atoms with van der Waals surface area (Å²) in [5, 5.41) is 0. The van der Waals surface area contributed by atoms with Crippen molar-refractivity contribution in [3.8, 4) is 0 Å². The van der Waals surface area contributed by atoms with Crippen molar-refractivity contribution in [2.45, 2.75) is 47.1 Å². The van der Waals surface area contributed by atoms with Crippen LogP contribution in [0.2, 0.25) is 0 Å². The average Bonchev–Trinajstić information content (AvgIpc) is 2.01. The Balaban J connectivity index is 4.60. The van der Waals surface area contributed by atoms with Gasteiger partial charge in [-0.1, -0.05) is 0 Å². The van der Waals surface area contributed by atoms with Crippen molar-refractivity contribution in [1.29, 1.82) is 0 Å². The maximum absolute atomic E-state index is 5.87. The summed E-state index contributed by atoms with van der Waals surface area (Å²) in [7, 11) is 0. The molecule has 0 atom stereocenters. The van der Waals surface area contributed by atoms with Crippen LogP contribution in [0.5, 0.6) is 0 Å². The van der Waals surface area contributed by atoms with Gasteiger partial charge in [-0.05, 0) is 0 Å². The van der Waals surface area contributed by atoms with Crippen molar-refractivity contribution >= 4 is 0 Å². The van der Waals surface area contributed by atoms with Gasteiger partial charge in [0.05, 0.1) is 0 Å². The Morgan fingerprint density at radius 3 is 1.33 bits per heavy atom. The van der Waals surface area contributed by atoms with Crippen molar-refractivity contribution in [2.75, 3.05) is 19.8 Å². The molecule has 15 heavy (non-hydrogen) atoms. The molecule has 0 radical (unpaired) electrons. The third kappa shape index (κ3) is 6.66. The second-order valence-electron chi connectivity index (χ2n) is 4.01. The molecule has 0 aliphatic rings. The van der Waals surface area contributed by atoms with Gasteiger partial charge in [-0.15, -0.1) is 0 Å². The van der Waals surface area contributed by atoms with Crippen LogP contribution in [-0.4, -0.2) is 25.4 Å². The molecule has 0 heterocycles. The second-order valence-corrected chi connectivity index (χ2v) is 7.25. The molecule has 0 spiro atoms. The predicted octanol–water partition coefficient (Wildman–Crippen LogP) is 2.72. The van der Waals surface area contributed by atoms with Crippen molar-refractivity contribution in [3.63, 3.8) is 0 Å². The summed E-state index contributed by atoms with van der Waals surface area (Å²) < 4.78 is 22.7. The minimum absolute atomic E-state index is 0.306. The number of hydrogen-bond donors (Lipinski definition) is 0. The van der Waals surface area contributed by atoms with Gasteiger partial charge in [0, 0.05) is 0 Å². The summed E-state index contributed by atoms with van der Waals surface area (Å²) in [5.41, 5.74) is -0.306. The van der Waals surface area contributed by atoms with E-state index in [0.29, 0.717) is 19.8 Å². The molecule has 92 valence electrons. The van der Waals surface area contributed by atoms with Gasteiger partial charge in [0.25, 0.3) is 0 Å². The summed E-state index contributed by atoms with van der Waals surface area (Å²) in [6.07, 6.45) is 0. The molecular weight excluding hydrogens is 232 g/mol. The minimum atomic E-state index is -3.48. The van der Waals surface area contributed by atoms with Gasteiger partial charge in [0.2, 0.25) is 0 Å². The van der Waals surface area contributed by atoms with Crippen LogP contribution in [0.4, 0.5) is 0 Å². The van der Waals surface area contributed by atoms with Crippen LogP contribution in [0, 0.1) is 0 Å². The molecule has 0 aromatic carbocycles. The van der Waals surface area contributed by atoms with E-state index in [1.807, 2.05) is 41.5 Å². The fourth-order valence-corrected chi connectivity index (χ4v) is 4.61. The molecule has 0 bridgehead atoms. The quantitative estimate of drug-likeness (QED) is 0.656. The first-order chi connectivity index (χ1) is 6.89. The Labute approximate surface area is 98.5 Å². The van der Waals surface area contributed by atoms with Gasteiger partial charge >= 0.3 is 98.4 Å². The van der Waals surface area contributed by atoms with Crippen molar-refractivity contribution < 1.29 is 31.4 Å². The molecule has 0 saturated heterocycles. The van der Waals surface area contributed by atoms with Crippen molar-refractivity contribution in [3.05, 3.63) is 0 Å². The van der Waals surface area contributed by atoms with Gasteiger partial charge in [-0.3, -0.25) is 0 Å². The zero-order valence-corrected chi connectivity index (χ0v) is 12.3. The van der Waals surface area contributed by atoms with Gasteiger partial charge < -0.3 is 0 Å². The Hall–Kier alpha value is 0.554. The molecule has 0 aromatic heterocycles. The Kier molecular flexibility index (Phi) is 7.25. The molecule has 0 aliphatic heterocycles. The van der Waals surface area contributed by atoms with Crippen LogP contribution in [0.25, 0.3) is 0 Å². The van der Waals surface area contributed by atoms with Crippen LogP contribution < -0.4 is 0 Å². The maximum atomic E-state index is 5.87. The predicted molar refractivity (Wildman–Crippen MR) is 55.7 cm³/mol. The topological polar surface area (TPSA) is 36.9 Å². The normalized spacial score (nSPS) is 13.2. The number of rotatable bonds is 7. The van der Waals surface area contributed by atoms with Gasteiger partial charge in [0.1, 0.15) is 0 Å². The Bertz CT molecular complexity index is 150. The Morgan fingerprint density at radius 2 is 1.13 bits per heavy atom. The molecule has 0 N–H and O–H groups in total. The van der Waals surface area contributed by atoms with Crippen LogP contribution in [0.3, 0.4) is 0 Å². The number of hydrogen-bond acceptors (Lipinski definition) is 4. The molecule has 0 fully saturated rings. The Morgan fingerprint density at radius 1 is 0.800 bits per heavy atom. The second kappa shape index (κ2) is 6.99. The van der Waals surface area contributed by atoms with Crippen molar-refractivity contribution in [1.82, 2.24) is 0 Å². The zero-order valence-electron chi connectivity index (χ0n) is 10.8. The fraction of sp³-hybridized carbons (Fsp3) is 1.00. The fourth-order valence-electron chi connectivity index (χ4n) is 1.12. The van der Waals surface area contributed by atoms with E-state index in [-0.39, 0.29) is 5.60 Å². The molecule has 0 aromatic rings. The van der Waals surface area contributed by atoms with E-state index >= 15 is 0 Å². The first-order valence-corrected chi connectivity index (χ1v) is 8.06. The molecule has 5 heteroatoms. The standard InChI is InChI=1S/C4H9O.3C2H5O.Ti/c1-4(2,3)5;3*1-2-3;/h1-3H3;3*2H2,1H3;/q4*-1;+4. The van der Waals surface area contributed by atoms with E-state index < -0.39 is 18.1 Å². The van der Waals surface area contributed by atoms with E-state index in [4.69, 9.17) is 13.3 Å². The summed E-state index contributed by atoms with van der Waals surface area (Å²) in [6, 6.07) is 0. The molecule has 0 amide bonds. The summed E-state index contributed by atoms with van der Waals surface area (Å²) >= 11 is -3.48. The molecule has 0 rings (SSSR count). The van der Waals surface area contributed by atoms with Gasteiger partial charge in [0.15, 0.2) is 0 Å². The summed E-state index contributed by atoms with van der Waals surface area (Å²) in [4.78, 5) is 0.